The Morgan fingerprint density at radius 2 is 2.14 bits per heavy atom. The van der Waals surface area contributed by atoms with Crippen molar-refractivity contribution in [2.24, 2.45) is 0 Å². The van der Waals surface area contributed by atoms with Crippen molar-refractivity contribution in [3.05, 3.63) is 53.9 Å². The second-order valence-electron chi connectivity index (χ2n) is 5.29. The molecule has 5 nitrogen and oxygen atoms in total. The number of likely N-dealkylation sites (tertiary alicyclic amines) is 1. The van der Waals surface area contributed by atoms with Gasteiger partial charge in [0.05, 0.1) is 11.6 Å². The Morgan fingerprint density at radius 3 is 2.86 bits per heavy atom. The molecule has 0 spiro atoms. The van der Waals surface area contributed by atoms with Crippen LogP contribution in [0.5, 0.6) is 0 Å². The van der Waals surface area contributed by atoms with Crippen molar-refractivity contribution in [1.29, 1.82) is 0 Å². The van der Waals surface area contributed by atoms with Crippen LogP contribution in [0.1, 0.15) is 34.8 Å². The summed E-state index contributed by atoms with van der Waals surface area (Å²) in [4.78, 5) is 18.8. The quantitative estimate of drug-likeness (QED) is 0.827. The molecule has 4 N–H and O–H groups in total. The van der Waals surface area contributed by atoms with Gasteiger partial charge in [0.1, 0.15) is 0 Å². The van der Waals surface area contributed by atoms with Crippen LogP contribution in [-0.4, -0.2) is 22.3 Å². The van der Waals surface area contributed by atoms with E-state index in [1.165, 1.54) is 0 Å². The molecule has 0 bridgehead atoms. The number of hydrogen-bond donors (Lipinski definition) is 2. The van der Waals surface area contributed by atoms with Gasteiger partial charge in [-0.15, -0.1) is 0 Å². The number of nitrogens with zero attached hydrogens (tertiary/aromatic N) is 2. The number of nitrogen functional groups attached to an aromatic ring is 2. The Bertz CT molecular complexity index is 657. The highest BCUT2D eigenvalue weighted by Crippen LogP contribution is 2.33. The van der Waals surface area contributed by atoms with Gasteiger partial charge in [-0.05, 0) is 42.7 Å². The first kappa shape index (κ1) is 13.4. The summed E-state index contributed by atoms with van der Waals surface area (Å²) in [6, 6.07) is 9.01. The number of carbonyl (C=O) groups is 1. The van der Waals surface area contributed by atoms with E-state index in [1.807, 2.05) is 23.2 Å². The monoisotopic (exact) mass is 282 g/mol. The molecular formula is C16H18N4O. The van der Waals surface area contributed by atoms with Crippen molar-refractivity contribution in [3.63, 3.8) is 0 Å². The molecular weight excluding hydrogens is 264 g/mol. The summed E-state index contributed by atoms with van der Waals surface area (Å²) in [6.45, 7) is 0.738. The van der Waals surface area contributed by atoms with Gasteiger partial charge in [-0.2, -0.15) is 0 Å². The minimum Gasteiger partial charge on any atom is -0.399 e. The number of hydrogen-bond acceptors (Lipinski definition) is 4. The largest absolute Gasteiger partial charge is 0.399 e. The van der Waals surface area contributed by atoms with Crippen LogP contribution in [0, 0.1) is 0 Å². The van der Waals surface area contributed by atoms with Crippen molar-refractivity contribution in [3.8, 4) is 0 Å². The Labute approximate surface area is 123 Å². The maximum atomic E-state index is 12.7. The van der Waals surface area contributed by atoms with Crippen molar-refractivity contribution < 1.29 is 4.79 Å². The molecule has 1 unspecified atom stereocenters. The second kappa shape index (κ2) is 5.44. The van der Waals surface area contributed by atoms with Gasteiger partial charge in [0.15, 0.2) is 0 Å². The lowest BCUT2D eigenvalue weighted by Gasteiger charge is -2.25. The normalized spacial score (nSPS) is 17.9. The molecule has 1 amide bonds. The van der Waals surface area contributed by atoms with Crippen LogP contribution in [0.3, 0.4) is 0 Å². The zero-order chi connectivity index (χ0) is 14.8. The molecule has 0 aliphatic carbocycles. The fourth-order valence-corrected chi connectivity index (χ4v) is 2.86. The van der Waals surface area contributed by atoms with Gasteiger partial charge in [-0.1, -0.05) is 6.07 Å². The third kappa shape index (κ3) is 2.54. The minimum atomic E-state index is -0.0427. The Balaban J connectivity index is 1.90. The lowest BCUT2D eigenvalue weighted by Crippen LogP contribution is -2.31. The standard InChI is InChI=1S/C16H18N4O/c17-12-5-6-13(14(18)9-12)16(21)20-8-2-4-15(20)11-3-1-7-19-10-11/h1,3,5-7,9-10,15H,2,4,8,17-18H2. The molecule has 5 heteroatoms. The van der Waals surface area contributed by atoms with Gasteiger partial charge in [-0.25, -0.2) is 0 Å². The number of rotatable bonds is 2. The average Bonchev–Trinajstić information content (AvgIpc) is 2.97. The van der Waals surface area contributed by atoms with Crippen LogP contribution in [0.25, 0.3) is 0 Å². The van der Waals surface area contributed by atoms with E-state index in [1.54, 1.807) is 24.4 Å². The smallest absolute Gasteiger partial charge is 0.256 e. The van der Waals surface area contributed by atoms with Crippen LogP contribution in [0.2, 0.25) is 0 Å². The summed E-state index contributed by atoms with van der Waals surface area (Å²) in [5.41, 5.74) is 14.2. The molecule has 21 heavy (non-hydrogen) atoms. The molecule has 1 aliphatic heterocycles. The van der Waals surface area contributed by atoms with E-state index < -0.39 is 0 Å². The first-order valence-corrected chi connectivity index (χ1v) is 7.02. The zero-order valence-corrected chi connectivity index (χ0v) is 11.7. The number of nitrogens with two attached hydrogens (primary N) is 2. The number of amides is 1. The van der Waals surface area contributed by atoms with E-state index in [0.717, 1.165) is 24.9 Å². The number of carbonyl (C=O) groups excluding carboxylic acids is 1. The summed E-state index contributed by atoms with van der Waals surface area (Å²) in [5, 5.41) is 0. The molecule has 1 fully saturated rings. The van der Waals surface area contributed by atoms with Gasteiger partial charge in [-0.3, -0.25) is 9.78 Å². The van der Waals surface area contributed by atoms with Crippen LogP contribution in [0.4, 0.5) is 11.4 Å². The summed E-state index contributed by atoms with van der Waals surface area (Å²) in [7, 11) is 0. The fourth-order valence-electron chi connectivity index (χ4n) is 2.86. The van der Waals surface area contributed by atoms with Crippen LogP contribution in [0.15, 0.2) is 42.7 Å². The predicted molar refractivity (Wildman–Crippen MR) is 82.5 cm³/mol. The van der Waals surface area contributed by atoms with Gasteiger partial charge in [0.25, 0.3) is 5.91 Å². The van der Waals surface area contributed by atoms with Crippen molar-refractivity contribution in [1.82, 2.24) is 9.88 Å². The number of benzene rings is 1. The van der Waals surface area contributed by atoms with Gasteiger partial charge in [0.2, 0.25) is 0 Å². The number of anilines is 2. The summed E-state index contributed by atoms with van der Waals surface area (Å²) in [5.74, 6) is -0.0427. The minimum absolute atomic E-state index is 0.0427. The molecule has 2 heterocycles. The van der Waals surface area contributed by atoms with E-state index in [4.69, 9.17) is 11.5 Å². The highest BCUT2D eigenvalue weighted by Gasteiger charge is 2.31. The molecule has 1 aromatic carbocycles. The maximum Gasteiger partial charge on any atom is 0.256 e. The van der Waals surface area contributed by atoms with Gasteiger partial charge in [0, 0.05) is 30.3 Å². The average molecular weight is 282 g/mol. The molecule has 2 aromatic rings. The van der Waals surface area contributed by atoms with E-state index >= 15 is 0 Å². The van der Waals surface area contributed by atoms with Crippen molar-refractivity contribution >= 4 is 17.3 Å². The van der Waals surface area contributed by atoms with Crippen molar-refractivity contribution in [2.75, 3.05) is 18.0 Å². The highest BCUT2D eigenvalue weighted by atomic mass is 16.2. The van der Waals surface area contributed by atoms with Gasteiger partial charge >= 0.3 is 0 Å². The number of pyridine rings is 1. The Hall–Kier alpha value is -2.56. The third-order valence-electron chi connectivity index (χ3n) is 3.89. The highest BCUT2D eigenvalue weighted by molar-refractivity contribution is 6.00. The van der Waals surface area contributed by atoms with Crippen LogP contribution >= 0.6 is 0 Å². The second-order valence-corrected chi connectivity index (χ2v) is 5.29. The van der Waals surface area contributed by atoms with Gasteiger partial charge < -0.3 is 16.4 Å². The molecule has 1 atom stereocenters. The van der Waals surface area contributed by atoms with Crippen molar-refractivity contribution in [2.45, 2.75) is 18.9 Å². The zero-order valence-electron chi connectivity index (χ0n) is 11.7. The lowest BCUT2D eigenvalue weighted by molar-refractivity contribution is 0.0736. The molecule has 1 aliphatic rings. The molecule has 0 saturated carbocycles. The molecule has 1 aromatic heterocycles. The lowest BCUT2D eigenvalue weighted by atomic mass is 10.1. The maximum absolute atomic E-state index is 12.7. The van der Waals surface area contributed by atoms with E-state index in [9.17, 15) is 4.79 Å². The molecule has 108 valence electrons. The predicted octanol–water partition coefficient (Wildman–Crippen LogP) is 2.22. The summed E-state index contributed by atoms with van der Waals surface area (Å²) >= 11 is 0. The van der Waals surface area contributed by atoms with Crippen LogP contribution in [-0.2, 0) is 0 Å². The van der Waals surface area contributed by atoms with E-state index in [-0.39, 0.29) is 11.9 Å². The SMILES string of the molecule is Nc1ccc(C(=O)N2CCCC2c2cccnc2)c(N)c1. The molecule has 0 radical (unpaired) electrons. The summed E-state index contributed by atoms with van der Waals surface area (Å²) in [6.07, 6.45) is 5.50. The first-order valence-electron chi connectivity index (χ1n) is 7.02. The topological polar surface area (TPSA) is 85.2 Å². The number of aromatic nitrogens is 1. The first-order chi connectivity index (χ1) is 10.2. The van der Waals surface area contributed by atoms with Crippen LogP contribution < -0.4 is 11.5 Å². The molecule has 3 rings (SSSR count). The Morgan fingerprint density at radius 1 is 1.29 bits per heavy atom. The third-order valence-corrected chi connectivity index (χ3v) is 3.89. The Kier molecular flexibility index (Phi) is 3.48. The van der Waals surface area contributed by atoms with E-state index in [2.05, 4.69) is 4.98 Å². The fraction of sp³-hybridized carbons (Fsp3) is 0.250. The van der Waals surface area contributed by atoms with E-state index in [0.29, 0.717) is 16.9 Å². The molecule has 1 saturated heterocycles. The summed E-state index contributed by atoms with van der Waals surface area (Å²) < 4.78 is 0.